The summed E-state index contributed by atoms with van der Waals surface area (Å²) < 4.78 is 5.43. The van der Waals surface area contributed by atoms with Gasteiger partial charge >= 0.3 is 11.9 Å². The van der Waals surface area contributed by atoms with Crippen molar-refractivity contribution in [3.05, 3.63) is 42.0 Å². The zero-order valence-corrected chi connectivity index (χ0v) is 11.3. The number of aliphatic carboxylic acids is 1. The summed E-state index contributed by atoms with van der Waals surface area (Å²) in [4.78, 5) is 34.9. The lowest BCUT2D eigenvalue weighted by Gasteiger charge is -2.21. The fraction of sp³-hybridized carbons (Fsp3) is 0.267. The van der Waals surface area contributed by atoms with Gasteiger partial charge in [0.2, 0.25) is 5.91 Å². The lowest BCUT2D eigenvalue weighted by atomic mass is 9.82. The molecule has 0 radical (unpaired) electrons. The Hall–Kier alpha value is -2.67. The molecule has 2 bridgehead atoms. The summed E-state index contributed by atoms with van der Waals surface area (Å²) in [5.41, 5.74) is 0.0817. The van der Waals surface area contributed by atoms with Gasteiger partial charge in [0.1, 0.15) is 5.92 Å². The highest BCUT2D eigenvalue weighted by Crippen LogP contribution is 2.40. The van der Waals surface area contributed by atoms with E-state index in [2.05, 4.69) is 5.32 Å². The van der Waals surface area contributed by atoms with Gasteiger partial charge < -0.3 is 20.3 Å². The van der Waals surface area contributed by atoms with E-state index in [9.17, 15) is 19.5 Å². The molecule has 0 saturated carbocycles. The molecule has 1 aromatic carbocycles. The van der Waals surface area contributed by atoms with Gasteiger partial charge in [-0.05, 0) is 12.1 Å². The summed E-state index contributed by atoms with van der Waals surface area (Å²) in [5, 5.41) is 20.9. The van der Waals surface area contributed by atoms with E-state index < -0.39 is 41.9 Å². The Morgan fingerprint density at radius 3 is 2.27 bits per heavy atom. The van der Waals surface area contributed by atoms with Crippen LogP contribution in [0, 0.1) is 11.8 Å². The van der Waals surface area contributed by atoms with Crippen LogP contribution in [0.1, 0.15) is 10.4 Å². The van der Waals surface area contributed by atoms with Gasteiger partial charge in [0.25, 0.3) is 0 Å². The molecule has 1 fully saturated rings. The smallest absolute Gasteiger partial charge is 0.337 e. The molecule has 1 amide bonds. The number of rotatable bonds is 4. The van der Waals surface area contributed by atoms with Crippen molar-refractivity contribution in [2.75, 3.05) is 5.32 Å². The number of benzene rings is 1. The topological polar surface area (TPSA) is 113 Å². The number of nitrogens with one attached hydrogen (secondary N) is 1. The van der Waals surface area contributed by atoms with Gasteiger partial charge in [-0.15, -0.1) is 0 Å². The van der Waals surface area contributed by atoms with Crippen LogP contribution in [0.3, 0.4) is 0 Å². The van der Waals surface area contributed by atoms with Gasteiger partial charge in [0.15, 0.2) is 0 Å². The Morgan fingerprint density at radius 1 is 1.00 bits per heavy atom. The highest BCUT2D eigenvalue weighted by Gasteiger charge is 2.53. The van der Waals surface area contributed by atoms with E-state index in [4.69, 9.17) is 9.84 Å². The third-order valence-electron chi connectivity index (χ3n) is 3.90. The molecule has 114 valence electrons. The number of aromatic carboxylic acids is 1. The molecular weight excluding hydrogens is 290 g/mol. The molecule has 3 N–H and O–H groups in total. The van der Waals surface area contributed by atoms with Crippen LogP contribution in [0.15, 0.2) is 36.4 Å². The lowest BCUT2D eigenvalue weighted by molar-refractivity contribution is -0.145. The van der Waals surface area contributed by atoms with Crippen molar-refractivity contribution in [1.82, 2.24) is 0 Å². The van der Waals surface area contributed by atoms with Gasteiger partial charge in [-0.2, -0.15) is 0 Å². The highest BCUT2D eigenvalue weighted by atomic mass is 16.5. The van der Waals surface area contributed by atoms with E-state index in [0.29, 0.717) is 0 Å². The number of para-hydroxylation sites is 1. The number of carbonyl (C=O) groups is 3. The summed E-state index contributed by atoms with van der Waals surface area (Å²) in [6.45, 7) is 0. The van der Waals surface area contributed by atoms with Crippen molar-refractivity contribution in [1.29, 1.82) is 0 Å². The minimum atomic E-state index is -1.17. The quantitative estimate of drug-likeness (QED) is 0.715. The van der Waals surface area contributed by atoms with Gasteiger partial charge in [-0.1, -0.05) is 24.3 Å². The fourth-order valence-electron chi connectivity index (χ4n) is 2.91. The van der Waals surface area contributed by atoms with Crippen LogP contribution in [0.25, 0.3) is 0 Å². The maximum atomic E-state index is 12.4. The molecule has 4 atom stereocenters. The van der Waals surface area contributed by atoms with E-state index in [1.54, 1.807) is 24.3 Å². The van der Waals surface area contributed by atoms with Crippen molar-refractivity contribution in [2.24, 2.45) is 11.8 Å². The zero-order valence-electron chi connectivity index (χ0n) is 11.3. The SMILES string of the molecule is O=C(O)c1ccccc1NC(=O)C1C2C=CC(O2)C1C(=O)O. The van der Waals surface area contributed by atoms with Crippen LogP contribution < -0.4 is 5.32 Å². The number of amides is 1. The molecule has 22 heavy (non-hydrogen) atoms. The van der Waals surface area contributed by atoms with Crippen molar-refractivity contribution >= 4 is 23.5 Å². The van der Waals surface area contributed by atoms with Crippen LogP contribution >= 0.6 is 0 Å². The monoisotopic (exact) mass is 303 g/mol. The van der Waals surface area contributed by atoms with Gasteiger partial charge in [0.05, 0.1) is 29.4 Å². The van der Waals surface area contributed by atoms with Crippen molar-refractivity contribution in [3.8, 4) is 0 Å². The number of anilines is 1. The molecular formula is C15H13NO6. The van der Waals surface area contributed by atoms with Gasteiger partial charge in [-0.3, -0.25) is 9.59 Å². The molecule has 0 spiro atoms. The third kappa shape index (κ3) is 2.25. The Balaban J connectivity index is 1.85. The van der Waals surface area contributed by atoms with E-state index >= 15 is 0 Å². The second kappa shape index (κ2) is 5.27. The standard InChI is InChI=1S/C15H13NO6/c17-13(16-8-4-2-1-3-7(8)14(18)19)11-9-5-6-10(22-9)12(11)15(20)21/h1-6,9-12H,(H,16,17)(H,18,19)(H,20,21). The van der Waals surface area contributed by atoms with Gasteiger partial charge in [0, 0.05) is 0 Å². The predicted molar refractivity (Wildman–Crippen MR) is 74.4 cm³/mol. The molecule has 0 aliphatic carbocycles. The minimum Gasteiger partial charge on any atom is -0.481 e. The maximum Gasteiger partial charge on any atom is 0.337 e. The molecule has 7 heteroatoms. The van der Waals surface area contributed by atoms with Crippen LogP contribution in [-0.2, 0) is 14.3 Å². The first-order valence-electron chi connectivity index (χ1n) is 6.69. The molecule has 4 unspecified atom stereocenters. The zero-order chi connectivity index (χ0) is 15.9. The molecule has 1 aromatic rings. The van der Waals surface area contributed by atoms with Crippen molar-refractivity contribution in [3.63, 3.8) is 0 Å². The molecule has 1 saturated heterocycles. The summed E-state index contributed by atoms with van der Waals surface area (Å²) in [7, 11) is 0. The molecule has 0 aromatic heterocycles. The van der Waals surface area contributed by atoms with E-state index in [-0.39, 0.29) is 11.3 Å². The first-order chi connectivity index (χ1) is 10.5. The number of hydrogen-bond acceptors (Lipinski definition) is 4. The normalized spacial score (nSPS) is 28.5. The van der Waals surface area contributed by atoms with Crippen LogP contribution in [0.5, 0.6) is 0 Å². The number of hydrogen-bond donors (Lipinski definition) is 3. The van der Waals surface area contributed by atoms with Crippen LogP contribution in [0.2, 0.25) is 0 Å². The summed E-state index contributed by atoms with van der Waals surface area (Å²) >= 11 is 0. The number of fused-ring (bicyclic) bond motifs is 2. The Kier molecular flexibility index (Phi) is 3.42. The average molecular weight is 303 g/mol. The first kappa shape index (κ1) is 14.3. The number of carboxylic acids is 2. The molecule has 2 heterocycles. The summed E-state index contributed by atoms with van der Waals surface area (Å²) in [5.74, 6) is -4.68. The molecule has 7 nitrogen and oxygen atoms in total. The van der Waals surface area contributed by atoms with E-state index in [1.807, 2.05) is 0 Å². The van der Waals surface area contributed by atoms with E-state index in [0.717, 1.165) is 0 Å². The van der Waals surface area contributed by atoms with Crippen LogP contribution in [0.4, 0.5) is 5.69 Å². The number of carboxylic acid groups (broad SMARTS) is 2. The Morgan fingerprint density at radius 2 is 1.64 bits per heavy atom. The number of carbonyl (C=O) groups excluding carboxylic acids is 1. The molecule has 2 aliphatic heterocycles. The Bertz CT molecular complexity index is 682. The van der Waals surface area contributed by atoms with Gasteiger partial charge in [-0.25, -0.2) is 4.79 Å². The first-order valence-corrected chi connectivity index (χ1v) is 6.69. The van der Waals surface area contributed by atoms with E-state index in [1.165, 1.54) is 12.1 Å². The second-order valence-electron chi connectivity index (χ2n) is 5.18. The minimum absolute atomic E-state index is 0.0534. The average Bonchev–Trinajstić information content (AvgIpc) is 3.08. The third-order valence-corrected chi connectivity index (χ3v) is 3.90. The van der Waals surface area contributed by atoms with Crippen molar-refractivity contribution in [2.45, 2.75) is 12.2 Å². The number of ether oxygens (including phenoxy) is 1. The second-order valence-corrected chi connectivity index (χ2v) is 5.18. The largest absolute Gasteiger partial charge is 0.481 e. The molecule has 3 rings (SSSR count). The summed E-state index contributed by atoms with van der Waals surface area (Å²) in [6.07, 6.45) is 2.09. The van der Waals surface area contributed by atoms with Crippen molar-refractivity contribution < 1.29 is 29.3 Å². The fourth-order valence-corrected chi connectivity index (χ4v) is 2.91. The van der Waals surface area contributed by atoms with Crippen LogP contribution in [-0.4, -0.2) is 40.3 Å². The summed E-state index contributed by atoms with van der Waals surface area (Å²) in [6, 6.07) is 5.96. The predicted octanol–water partition coefficient (Wildman–Crippen LogP) is 0.978. The molecule has 2 aliphatic rings. The maximum absolute atomic E-state index is 12.4. The lowest BCUT2D eigenvalue weighted by Crippen LogP contribution is -2.39. The highest BCUT2D eigenvalue weighted by molar-refractivity contribution is 6.02. The Labute approximate surface area is 125 Å².